The maximum absolute atomic E-state index is 5.47. The van der Waals surface area contributed by atoms with E-state index in [1.54, 1.807) is 13.3 Å². The highest BCUT2D eigenvalue weighted by Crippen LogP contribution is 2.06. The van der Waals surface area contributed by atoms with Crippen LogP contribution in [0.25, 0.3) is 0 Å². The van der Waals surface area contributed by atoms with Crippen LogP contribution < -0.4 is 5.73 Å². The van der Waals surface area contributed by atoms with Gasteiger partial charge in [0.2, 0.25) is 0 Å². The van der Waals surface area contributed by atoms with Gasteiger partial charge in [0, 0.05) is 25.6 Å². The van der Waals surface area contributed by atoms with E-state index in [4.69, 9.17) is 10.5 Å². The third kappa shape index (κ3) is 1.84. The van der Waals surface area contributed by atoms with Crippen molar-refractivity contribution in [1.82, 2.24) is 0 Å². The van der Waals surface area contributed by atoms with Crippen LogP contribution in [0.2, 0.25) is 0 Å². The summed E-state index contributed by atoms with van der Waals surface area (Å²) in [7, 11) is 1.69. The number of ether oxygens (including phenoxy) is 1. The van der Waals surface area contributed by atoms with E-state index in [2.05, 4.69) is 4.99 Å². The second-order valence-electron chi connectivity index (χ2n) is 2.29. The van der Waals surface area contributed by atoms with Crippen molar-refractivity contribution >= 4 is 6.21 Å². The molecule has 0 aromatic heterocycles. The molecule has 0 aliphatic carbocycles. The van der Waals surface area contributed by atoms with Gasteiger partial charge in [0.25, 0.3) is 0 Å². The van der Waals surface area contributed by atoms with Gasteiger partial charge in [-0.15, -0.1) is 0 Å². The van der Waals surface area contributed by atoms with Crippen LogP contribution in [0.1, 0.15) is 6.42 Å². The standard InChI is InChI=1S/C7H12N2O/c1-10-3-2-7-4-6(8)5-9-7/h4-5,7H,2-3,8H2,1H3. The zero-order valence-electron chi connectivity index (χ0n) is 6.08. The largest absolute Gasteiger partial charge is 0.398 e. The molecule has 1 aliphatic rings. The highest BCUT2D eigenvalue weighted by Gasteiger charge is 2.06. The molecular formula is C7H12N2O. The zero-order valence-corrected chi connectivity index (χ0v) is 6.08. The highest BCUT2D eigenvalue weighted by atomic mass is 16.5. The Balaban J connectivity index is 2.26. The average Bonchev–Trinajstić information content (AvgIpc) is 2.31. The molecule has 0 fully saturated rings. The van der Waals surface area contributed by atoms with E-state index in [9.17, 15) is 0 Å². The maximum Gasteiger partial charge on any atom is 0.0725 e. The SMILES string of the molecule is COCCC1C=C(N)C=N1. The van der Waals surface area contributed by atoms with Crippen molar-refractivity contribution in [2.45, 2.75) is 12.5 Å². The maximum atomic E-state index is 5.47. The molecule has 3 heteroatoms. The number of hydrogen-bond acceptors (Lipinski definition) is 3. The number of methoxy groups -OCH3 is 1. The summed E-state index contributed by atoms with van der Waals surface area (Å²) in [4.78, 5) is 4.13. The molecule has 0 radical (unpaired) electrons. The van der Waals surface area contributed by atoms with Crippen LogP contribution in [0.3, 0.4) is 0 Å². The molecule has 1 heterocycles. The molecule has 1 aliphatic heterocycles. The minimum atomic E-state index is 0.250. The number of rotatable bonds is 3. The molecule has 0 bridgehead atoms. The smallest absolute Gasteiger partial charge is 0.0725 e. The molecule has 0 spiro atoms. The summed E-state index contributed by atoms with van der Waals surface area (Å²) in [6.45, 7) is 0.742. The molecule has 0 aromatic rings. The Bertz CT molecular complexity index is 163. The first kappa shape index (κ1) is 7.28. The van der Waals surface area contributed by atoms with Gasteiger partial charge in [-0.3, -0.25) is 4.99 Å². The first-order chi connectivity index (χ1) is 4.83. The quantitative estimate of drug-likeness (QED) is 0.613. The van der Waals surface area contributed by atoms with Gasteiger partial charge in [-0.1, -0.05) is 0 Å². The number of nitrogens with zero attached hydrogens (tertiary/aromatic N) is 1. The first-order valence-electron chi connectivity index (χ1n) is 3.32. The summed E-state index contributed by atoms with van der Waals surface area (Å²) in [6.07, 6.45) is 4.56. The fourth-order valence-electron chi connectivity index (χ4n) is 0.886. The monoisotopic (exact) mass is 140 g/mol. The van der Waals surface area contributed by atoms with E-state index < -0.39 is 0 Å². The average molecular weight is 140 g/mol. The zero-order chi connectivity index (χ0) is 7.40. The Morgan fingerprint density at radius 3 is 3.10 bits per heavy atom. The predicted octanol–water partition coefficient (Wildman–Crippen LogP) is 0.319. The van der Waals surface area contributed by atoms with Crippen LogP contribution in [0, 0.1) is 0 Å². The van der Waals surface area contributed by atoms with Crippen molar-refractivity contribution in [1.29, 1.82) is 0 Å². The molecule has 2 N–H and O–H groups in total. The van der Waals surface area contributed by atoms with Crippen molar-refractivity contribution < 1.29 is 4.74 Å². The van der Waals surface area contributed by atoms with Crippen molar-refractivity contribution in [2.24, 2.45) is 10.7 Å². The van der Waals surface area contributed by atoms with E-state index in [-0.39, 0.29) is 6.04 Å². The lowest BCUT2D eigenvalue weighted by atomic mass is 10.2. The van der Waals surface area contributed by atoms with E-state index >= 15 is 0 Å². The molecule has 1 atom stereocenters. The highest BCUT2D eigenvalue weighted by molar-refractivity contribution is 5.80. The number of aliphatic imine (C=N–C) groups is 1. The van der Waals surface area contributed by atoms with E-state index in [0.717, 1.165) is 18.7 Å². The molecule has 3 nitrogen and oxygen atoms in total. The number of hydrogen-bond donors (Lipinski definition) is 1. The van der Waals surface area contributed by atoms with Gasteiger partial charge in [-0.25, -0.2) is 0 Å². The molecule has 0 amide bonds. The summed E-state index contributed by atoms with van der Waals surface area (Å²) < 4.78 is 4.90. The summed E-state index contributed by atoms with van der Waals surface area (Å²) in [6, 6.07) is 0.250. The first-order valence-corrected chi connectivity index (χ1v) is 3.32. The van der Waals surface area contributed by atoms with Crippen molar-refractivity contribution in [3.8, 4) is 0 Å². The lowest BCUT2D eigenvalue weighted by Gasteiger charge is -2.01. The number of nitrogens with two attached hydrogens (primary N) is 1. The third-order valence-corrected chi connectivity index (χ3v) is 1.42. The van der Waals surface area contributed by atoms with Crippen molar-refractivity contribution in [2.75, 3.05) is 13.7 Å². The van der Waals surface area contributed by atoms with E-state index in [1.807, 2.05) is 6.08 Å². The fraction of sp³-hybridized carbons (Fsp3) is 0.571. The topological polar surface area (TPSA) is 47.6 Å². The Hall–Kier alpha value is -0.830. The second kappa shape index (κ2) is 3.37. The lowest BCUT2D eigenvalue weighted by Crippen LogP contribution is -2.02. The van der Waals surface area contributed by atoms with Crippen LogP contribution >= 0.6 is 0 Å². The fourth-order valence-corrected chi connectivity index (χ4v) is 0.886. The Kier molecular flexibility index (Phi) is 2.45. The summed E-state index contributed by atoms with van der Waals surface area (Å²) >= 11 is 0. The van der Waals surface area contributed by atoms with Crippen molar-refractivity contribution in [3.63, 3.8) is 0 Å². The molecule has 56 valence electrons. The van der Waals surface area contributed by atoms with Crippen molar-refractivity contribution in [3.05, 3.63) is 11.8 Å². The Morgan fingerprint density at radius 2 is 2.60 bits per heavy atom. The van der Waals surface area contributed by atoms with Gasteiger partial charge in [0.05, 0.1) is 6.04 Å². The second-order valence-corrected chi connectivity index (χ2v) is 2.29. The Morgan fingerprint density at radius 1 is 1.80 bits per heavy atom. The van der Waals surface area contributed by atoms with Gasteiger partial charge < -0.3 is 10.5 Å². The van der Waals surface area contributed by atoms with Gasteiger partial charge in [0.15, 0.2) is 0 Å². The number of allylic oxidation sites excluding steroid dienone is 1. The molecule has 0 saturated carbocycles. The molecule has 0 aromatic carbocycles. The van der Waals surface area contributed by atoms with Crippen LogP contribution in [0.5, 0.6) is 0 Å². The molecule has 1 rings (SSSR count). The minimum absolute atomic E-state index is 0.250. The summed E-state index contributed by atoms with van der Waals surface area (Å²) in [5.74, 6) is 0. The normalized spacial score (nSPS) is 23.3. The minimum Gasteiger partial charge on any atom is -0.398 e. The summed E-state index contributed by atoms with van der Waals surface area (Å²) in [5.41, 5.74) is 6.23. The molecular weight excluding hydrogens is 128 g/mol. The van der Waals surface area contributed by atoms with Crippen LogP contribution in [0.15, 0.2) is 16.8 Å². The lowest BCUT2D eigenvalue weighted by molar-refractivity contribution is 0.192. The molecule has 10 heavy (non-hydrogen) atoms. The van der Waals surface area contributed by atoms with Gasteiger partial charge in [-0.05, 0) is 12.5 Å². The van der Waals surface area contributed by atoms with Gasteiger partial charge in [-0.2, -0.15) is 0 Å². The third-order valence-electron chi connectivity index (χ3n) is 1.42. The molecule has 0 saturated heterocycles. The van der Waals surface area contributed by atoms with Crippen LogP contribution in [-0.4, -0.2) is 26.0 Å². The summed E-state index contributed by atoms with van der Waals surface area (Å²) in [5, 5.41) is 0. The van der Waals surface area contributed by atoms with E-state index in [1.165, 1.54) is 0 Å². The van der Waals surface area contributed by atoms with E-state index in [0.29, 0.717) is 0 Å². The molecule has 1 unspecified atom stereocenters. The van der Waals surface area contributed by atoms with Gasteiger partial charge >= 0.3 is 0 Å². The van der Waals surface area contributed by atoms with Crippen LogP contribution in [-0.2, 0) is 4.74 Å². The predicted molar refractivity (Wildman–Crippen MR) is 41.0 cm³/mol. The van der Waals surface area contributed by atoms with Gasteiger partial charge in [0.1, 0.15) is 0 Å². The Labute approximate surface area is 60.6 Å². The van der Waals surface area contributed by atoms with Crippen LogP contribution in [0.4, 0.5) is 0 Å².